The number of rotatable bonds is 0. The van der Waals surface area contributed by atoms with Crippen molar-refractivity contribution in [3.05, 3.63) is 0 Å². The average molecular weight is 363 g/mol. The van der Waals surface area contributed by atoms with Crippen LogP contribution in [0.5, 0.6) is 0 Å². The summed E-state index contributed by atoms with van der Waals surface area (Å²) < 4.78 is 2.33. The topological polar surface area (TPSA) is 17.1 Å². The van der Waals surface area contributed by atoms with E-state index < -0.39 is 0 Å². The lowest BCUT2D eigenvalue weighted by atomic mass is 9.76. The smallest absolute Gasteiger partial charge is 0.240 e. The molecular weight excluding hydrogens is 320 g/mol. The van der Waals surface area contributed by atoms with Gasteiger partial charge in [-0.05, 0) is 23.7 Å². The van der Waals surface area contributed by atoms with Crippen LogP contribution in [0, 0.1) is 10.8 Å². The Morgan fingerprint density at radius 2 is 1.04 bits per heavy atom. The SMILES string of the molecule is CC1(C)CC[N+]2(CC1)CC(=O)C[N+]1(CCC(C)(C)CC1)[C@H]1CCCC[C@@H]12. The van der Waals surface area contributed by atoms with Crippen molar-refractivity contribution >= 4 is 5.78 Å². The molecule has 0 aromatic rings. The molecule has 3 heterocycles. The van der Waals surface area contributed by atoms with Gasteiger partial charge in [-0.15, -0.1) is 0 Å². The van der Waals surface area contributed by atoms with Gasteiger partial charge in [0.15, 0.2) is 0 Å². The van der Waals surface area contributed by atoms with Crippen LogP contribution in [0.3, 0.4) is 0 Å². The highest BCUT2D eigenvalue weighted by Crippen LogP contribution is 2.45. The predicted octanol–water partition coefficient (Wildman–Crippen LogP) is 4.15. The quantitative estimate of drug-likeness (QED) is 0.592. The zero-order valence-electron chi connectivity index (χ0n) is 17.9. The monoisotopic (exact) mass is 362 g/mol. The Morgan fingerprint density at radius 3 is 1.38 bits per heavy atom. The number of carbonyl (C=O) groups is 1. The van der Waals surface area contributed by atoms with E-state index in [1.165, 1.54) is 77.5 Å². The number of hydrogen-bond acceptors (Lipinski definition) is 1. The van der Waals surface area contributed by atoms with E-state index in [9.17, 15) is 4.79 Å². The van der Waals surface area contributed by atoms with Crippen LogP contribution in [0.25, 0.3) is 0 Å². The number of hydrogen-bond donors (Lipinski definition) is 0. The van der Waals surface area contributed by atoms with Gasteiger partial charge >= 0.3 is 0 Å². The number of ketones is 1. The van der Waals surface area contributed by atoms with Crippen molar-refractivity contribution in [3.63, 3.8) is 0 Å². The van der Waals surface area contributed by atoms with Crippen LogP contribution in [0.4, 0.5) is 0 Å². The van der Waals surface area contributed by atoms with E-state index >= 15 is 0 Å². The Morgan fingerprint density at radius 1 is 0.692 bits per heavy atom. The van der Waals surface area contributed by atoms with Gasteiger partial charge in [0.1, 0.15) is 25.2 Å². The molecule has 0 amide bonds. The summed E-state index contributed by atoms with van der Waals surface area (Å²) in [6.45, 7) is 16.4. The Balaban J connectivity index is 1.66. The van der Waals surface area contributed by atoms with Gasteiger partial charge in [0.2, 0.25) is 5.78 Å². The van der Waals surface area contributed by atoms with Crippen LogP contribution in [0.1, 0.15) is 79.1 Å². The first kappa shape index (κ1) is 18.9. The zero-order chi connectivity index (χ0) is 18.6. The fourth-order valence-corrected chi connectivity index (χ4v) is 6.91. The van der Waals surface area contributed by atoms with Crippen molar-refractivity contribution in [1.82, 2.24) is 0 Å². The molecule has 3 heteroatoms. The normalized spacial score (nSPS) is 37.9. The van der Waals surface area contributed by atoms with Crippen molar-refractivity contribution in [3.8, 4) is 0 Å². The average Bonchev–Trinajstić information content (AvgIpc) is 2.68. The van der Waals surface area contributed by atoms with E-state index in [0.717, 1.165) is 34.1 Å². The Hall–Kier alpha value is -0.410. The molecule has 3 saturated heterocycles. The van der Waals surface area contributed by atoms with E-state index in [2.05, 4.69) is 27.7 Å². The third kappa shape index (κ3) is 3.28. The molecule has 1 aliphatic carbocycles. The lowest BCUT2D eigenvalue weighted by Gasteiger charge is -2.56. The van der Waals surface area contributed by atoms with Crippen molar-refractivity contribution < 1.29 is 13.8 Å². The molecule has 4 rings (SSSR count). The Labute approximate surface area is 161 Å². The summed E-state index contributed by atoms with van der Waals surface area (Å²) in [6, 6.07) is 1.51. The molecule has 0 aromatic heterocycles. The van der Waals surface area contributed by atoms with Gasteiger partial charge < -0.3 is 8.97 Å². The van der Waals surface area contributed by atoms with E-state index in [1.807, 2.05) is 0 Å². The van der Waals surface area contributed by atoms with Gasteiger partial charge in [-0.3, -0.25) is 4.79 Å². The fraction of sp³-hybridized carbons (Fsp3) is 0.957. The van der Waals surface area contributed by atoms with Gasteiger partial charge in [-0.25, -0.2) is 0 Å². The Bertz CT molecular complexity index is 497. The summed E-state index contributed by atoms with van der Waals surface area (Å²) in [6.07, 6.45) is 10.7. The van der Waals surface area contributed by atoms with E-state index in [0.29, 0.717) is 16.6 Å². The minimum Gasteiger partial charge on any atom is -0.310 e. The molecule has 2 spiro atoms. The number of Topliss-reactive ketones (excluding diaryl/α,β-unsaturated/α-hetero) is 1. The summed E-state index contributed by atoms with van der Waals surface area (Å²) in [5.74, 6) is 0.582. The van der Waals surface area contributed by atoms with E-state index in [-0.39, 0.29) is 0 Å². The van der Waals surface area contributed by atoms with Gasteiger partial charge in [-0.2, -0.15) is 0 Å². The molecule has 3 aliphatic heterocycles. The van der Waals surface area contributed by atoms with Crippen LogP contribution in [0.2, 0.25) is 0 Å². The van der Waals surface area contributed by atoms with Gasteiger partial charge in [-0.1, -0.05) is 27.7 Å². The largest absolute Gasteiger partial charge is 0.310 e. The minimum atomic E-state index is 0.477. The molecule has 148 valence electrons. The zero-order valence-corrected chi connectivity index (χ0v) is 17.9. The maximum Gasteiger partial charge on any atom is 0.240 e. The summed E-state index contributed by atoms with van der Waals surface area (Å²) >= 11 is 0. The lowest BCUT2D eigenvalue weighted by Crippen LogP contribution is -2.70. The van der Waals surface area contributed by atoms with Crippen molar-refractivity contribution in [2.45, 2.75) is 91.1 Å². The standard InChI is InChI=1S/C23H42N2O/c1-22(2)9-13-24(14-10-22)17-19(26)18-25(15-11-23(3,4)12-16-25)21-8-6-5-7-20(21)24/h20-21H,5-18H2,1-4H3/q+2/t20-,21-/m0/s1. The second-order valence-electron chi connectivity index (χ2n) is 11.9. The first-order chi connectivity index (χ1) is 12.2. The Kier molecular flexibility index (Phi) is 4.59. The minimum absolute atomic E-state index is 0.477. The number of fused-ring (bicyclic) bond motifs is 3. The number of quaternary nitrogens is 2. The second kappa shape index (κ2) is 6.30. The molecular formula is C23H42N2O+2. The summed E-state index contributed by atoms with van der Waals surface area (Å²) in [5, 5.41) is 0. The molecule has 0 radical (unpaired) electrons. The van der Waals surface area contributed by atoms with Gasteiger partial charge in [0.05, 0.1) is 26.2 Å². The number of carbonyl (C=O) groups excluding carboxylic acids is 1. The van der Waals surface area contributed by atoms with Crippen LogP contribution >= 0.6 is 0 Å². The second-order valence-corrected chi connectivity index (χ2v) is 11.9. The van der Waals surface area contributed by atoms with Gasteiger partial charge in [0.25, 0.3) is 0 Å². The number of piperidine rings is 2. The van der Waals surface area contributed by atoms with Crippen LogP contribution in [-0.2, 0) is 4.79 Å². The first-order valence-corrected chi connectivity index (χ1v) is 11.4. The van der Waals surface area contributed by atoms with Crippen LogP contribution in [0.15, 0.2) is 0 Å². The van der Waals surface area contributed by atoms with Gasteiger partial charge in [0, 0.05) is 38.5 Å². The molecule has 0 N–H and O–H groups in total. The molecule has 4 fully saturated rings. The van der Waals surface area contributed by atoms with Crippen molar-refractivity contribution in [2.75, 3.05) is 39.3 Å². The molecule has 0 aromatic carbocycles. The highest BCUT2D eigenvalue weighted by Gasteiger charge is 2.58. The van der Waals surface area contributed by atoms with Crippen LogP contribution < -0.4 is 0 Å². The maximum atomic E-state index is 13.3. The molecule has 0 unspecified atom stereocenters. The van der Waals surface area contributed by atoms with Crippen molar-refractivity contribution in [2.24, 2.45) is 10.8 Å². The highest BCUT2D eigenvalue weighted by molar-refractivity contribution is 5.81. The molecule has 4 aliphatic rings. The van der Waals surface area contributed by atoms with E-state index in [4.69, 9.17) is 0 Å². The molecule has 2 atom stereocenters. The summed E-state index contributed by atoms with van der Waals surface area (Å²) in [4.78, 5) is 13.3. The molecule has 0 bridgehead atoms. The molecule has 26 heavy (non-hydrogen) atoms. The fourth-order valence-electron chi connectivity index (χ4n) is 6.91. The molecule has 3 nitrogen and oxygen atoms in total. The highest BCUT2D eigenvalue weighted by atomic mass is 16.1. The third-order valence-electron chi connectivity index (χ3n) is 9.02. The lowest BCUT2D eigenvalue weighted by molar-refractivity contribution is -1.01. The maximum absolute atomic E-state index is 13.3. The molecule has 1 saturated carbocycles. The number of nitrogens with zero attached hydrogens (tertiary/aromatic N) is 2. The summed E-state index contributed by atoms with van der Waals surface area (Å²) in [5.41, 5.74) is 0.953. The van der Waals surface area contributed by atoms with Crippen LogP contribution in [-0.4, -0.2) is 66.1 Å². The first-order valence-electron chi connectivity index (χ1n) is 11.4. The summed E-state index contributed by atoms with van der Waals surface area (Å²) in [7, 11) is 0. The van der Waals surface area contributed by atoms with E-state index in [1.54, 1.807) is 0 Å². The van der Waals surface area contributed by atoms with Crippen molar-refractivity contribution in [1.29, 1.82) is 0 Å². The predicted molar refractivity (Wildman–Crippen MR) is 107 cm³/mol. The third-order valence-corrected chi connectivity index (χ3v) is 9.02.